The summed E-state index contributed by atoms with van der Waals surface area (Å²) in [5, 5.41) is 7.61. The summed E-state index contributed by atoms with van der Waals surface area (Å²) < 4.78 is 5.36. The van der Waals surface area contributed by atoms with Gasteiger partial charge in [-0.25, -0.2) is 0 Å². The Morgan fingerprint density at radius 2 is 1.79 bits per heavy atom. The van der Waals surface area contributed by atoms with Crippen molar-refractivity contribution in [3.63, 3.8) is 0 Å². The molecule has 0 saturated carbocycles. The fourth-order valence-electron chi connectivity index (χ4n) is 3.74. The van der Waals surface area contributed by atoms with Crippen molar-refractivity contribution in [2.75, 3.05) is 18.4 Å². The van der Waals surface area contributed by atoms with Crippen molar-refractivity contribution >= 4 is 29.1 Å². The fourth-order valence-corrected chi connectivity index (χ4v) is 3.87. The van der Waals surface area contributed by atoms with E-state index >= 15 is 0 Å². The Kier molecular flexibility index (Phi) is 6.51. The summed E-state index contributed by atoms with van der Waals surface area (Å²) in [7, 11) is 0. The van der Waals surface area contributed by atoms with E-state index in [-0.39, 0.29) is 23.1 Å². The average molecular weight is 467 g/mol. The zero-order chi connectivity index (χ0) is 23.6. The van der Waals surface area contributed by atoms with Gasteiger partial charge in [0, 0.05) is 40.3 Å². The smallest absolute Gasteiger partial charge is 0.253 e. The standard InChI is InChI=1S/C25H27ClN4O3/c1-25(2,3)24-28-21(29-33-24)16-8-12-20(13-9-16)27-22(31)18-5-4-14-30(15-18)23(32)17-6-10-19(26)11-7-17/h6-13,18H,4-5,14-15H2,1-3H3,(H,27,31). The minimum atomic E-state index is -0.263. The van der Waals surface area contributed by atoms with Crippen molar-refractivity contribution in [2.24, 2.45) is 5.92 Å². The first-order chi connectivity index (χ1) is 15.7. The highest BCUT2D eigenvalue weighted by atomic mass is 35.5. The van der Waals surface area contributed by atoms with Crippen molar-refractivity contribution in [1.82, 2.24) is 15.0 Å². The first-order valence-electron chi connectivity index (χ1n) is 11.0. The summed E-state index contributed by atoms with van der Waals surface area (Å²) >= 11 is 5.92. The lowest BCUT2D eigenvalue weighted by atomic mass is 9.96. The molecule has 2 aromatic carbocycles. The maximum atomic E-state index is 12.9. The van der Waals surface area contributed by atoms with E-state index in [1.54, 1.807) is 29.2 Å². The second kappa shape index (κ2) is 9.35. The quantitative estimate of drug-likeness (QED) is 0.572. The van der Waals surface area contributed by atoms with E-state index in [0.29, 0.717) is 41.1 Å². The third-order valence-electron chi connectivity index (χ3n) is 5.65. The van der Waals surface area contributed by atoms with Crippen molar-refractivity contribution < 1.29 is 14.1 Å². The van der Waals surface area contributed by atoms with Crippen LogP contribution in [0.5, 0.6) is 0 Å². The van der Waals surface area contributed by atoms with Gasteiger partial charge in [0.05, 0.1) is 5.92 Å². The number of anilines is 1. The number of likely N-dealkylation sites (tertiary alicyclic amines) is 1. The molecule has 2 heterocycles. The van der Waals surface area contributed by atoms with Crippen LogP contribution in [0.4, 0.5) is 5.69 Å². The van der Waals surface area contributed by atoms with Crippen molar-refractivity contribution in [3.05, 3.63) is 65.0 Å². The lowest BCUT2D eigenvalue weighted by Crippen LogP contribution is -2.43. The number of piperidine rings is 1. The van der Waals surface area contributed by atoms with E-state index in [2.05, 4.69) is 15.5 Å². The molecule has 1 fully saturated rings. The molecule has 2 amide bonds. The Labute approximate surface area is 198 Å². The molecular formula is C25H27ClN4O3. The highest BCUT2D eigenvalue weighted by Crippen LogP contribution is 2.25. The molecule has 3 aromatic rings. The van der Waals surface area contributed by atoms with E-state index < -0.39 is 0 Å². The highest BCUT2D eigenvalue weighted by Gasteiger charge is 2.29. The number of rotatable bonds is 4. The summed E-state index contributed by atoms with van der Waals surface area (Å²) in [4.78, 5) is 31.9. The van der Waals surface area contributed by atoms with Crippen LogP contribution in [-0.4, -0.2) is 39.9 Å². The number of halogens is 1. The molecule has 33 heavy (non-hydrogen) atoms. The molecule has 7 nitrogen and oxygen atoms in total. The number of carbonyl (C=O) groups is 2. The number of nitrogens with zero attached hydrogens (tertiary/aromatic N) is 3. The SMILES string of the molecule is CC(C)(C)c1nc(-c2ccc(NC(=O)C3CCCN(C(=O)c4ccc(Cl)cc4)C3)cc2)no1. The van der Waals surface area contributed by atoms with Gasteiger partial charge in [0.1, 0.15) is 0 Å². The van der Waals surface area contributed by atoms with Crippen LogP contribution >= 0.6 is 11.6 Å². The van der Waals surface area contributed by atoms with Gasteiger partial charge < -0.3 is 14.7 Å². The third kappa shape index (κ3) is 5.42. The number of carbonyl (C=O) groups excluding carboxylic acids is 2. The predicted octanol–water partition coefficient (Wildman–Crippen LogP) is 5.18. The van der Waals surface area contributed by atoms with E-state index in [9.17, 15) is 9.59 Å². The summed E-state index contributed by atoms with van der Waals surface area (Å²) in [6.45, 7) is 7.07. The van der Waals surface area contributed by atoms with Gasteiger partial charge in [-0.15, -0.1) is 0 Å². The van der Waals surface area contributed by atoms with Gasteiger partial charge in [-0.1, -0.05) is 37.5 Å². The molecular weight excluding hydrogens is 440 g/mol. The minimum absolute atomic E-state index is 0.0803. The van der Waals surface area contributed by atoms with Gasteiger partial charge in [0.15, 0.2) is 0 Å². The fraction of sp³-hybridized carbons (Fsp3) is 0.360. The molecule has 0 radical (unpaired) electrons. The predicted molar refractivity (Wildman–Crippen MR) is 127 cm³/mol. The van der Waals surface area contributed by atoms with Crippen LogP contribution in [0.25, 0.3) is 11.4 Å². The summed E-state index contributed by atoms with van der Waals surface area (Å²) in [5.74, 6) is 0.654. The summed E-state index contributed by atoms with van der Waals surface area (Å²) in [6.07, 6.45) is 1.52. The van der Waals surface area contributed by atoms with E-state index in [1.165, 1.54) is 0 Å². The molecule has 1 aliphatic heterocycles. The molecule has 1 atom stereocenters. The molecule has 1 aliphatic rings. The van der Waals surface area contributed by atoms with Crippen LogP contribution in [0.15, 0.2) is 53.1 Å². The molecule has 0 spiro atoms. The maximum Gasteiger partial charge on any atom is 0.253 e. The van der Waals surface area contributed by atoms with E-state index in [4.69, 9.17) is 16.1 Å². The van der Waals surface area contributed by atoms with Crippen LogP contribution < -0.4 is 5.32 Å². The van der Waals surface area contributed by atoms with Gasteiger partial charge in [-0.2, -0.15) is 4.98 Å². The number of nitrogens with one attached hydrogen (secondary N) is 1. The van der Waals surface area contributed by atoms with Crippen LogP contribution in [0.2, 0.25) is 5.02 Å². The minimum Gasteiger partial charge on any atom is -0.338 e. The number of hydrogen-bond donors (Lipinski definition) is 1. The molecule has 172 valence electrons. The Morgan fingerprint density at radius 3 is 2.42 bits per heavy atom. The first-order valence-corrected chi connectivity index (χ1v) is 11.4. The van der Waals surface area contributed by atoms with Gasteiger partial charge >= 0.3 is 0 Å². The zero-order valence-corrected chi connectivity index (χ0v) is 19.7. The molecule has 1 N–H and O–H groups in total. The van der Waals surface area contributed by atoms with Gasteiger partial charge in [0.2, 0.25) is 17.6 Å². The summed E-state index contributed by atoms with van der Waals surface area (Å²) in [6, 6.07) is 14.2. The molecule has 4 rings (SSSR count). The van der Waals surface area contributed by atoms with E-state index in [1.807, 2.05) is 45.0 Å². The number of amides is 2. The second-order valence-electron chi connectivity index (χ2n) is 9.34. The van der Waals surface area contributed by atoms with Gasteiger partial charge in [-0.05, 0) is 61.4 Å². The van der Waals surface area contributed by atoms with Crippen molar-refractivity contribution in [1.29, 1.82) is 0 Å². The van der Waals surface area contributed by atoms with Crippen LogP contribution in [0.1, 0.15) is 49.9 Å². The normalized spacial score (nSPS) is 16.5. The van der Waals surface area contributed by atoms with E-state index in [0.717, 1.165) is 18.4 Å². The van der Waals surface area contributed by atoms with Crippen molar-refractivity contribution in [3.8, 4) is 11.4 Å². The molecule has 1 aromatic heterocycles. The van der Waals surface area contributed by atoms with Crippen LogP contribution in [-0.2, 0) is 10.2 Å². The van der Waals surface area contributed by atoms with Crippen LogP contribution in [0.3, 0.4) is 0 Å². The highest BCUT2D eigenvalue weighted by molar-refractivity contribution is 6.30. The molecule has 8 heteroatoms. The maximum absolute atomic E-state index is 12.9. The lowest BCUT2D eigenvalue weighted by Gasteiger charge is -2.32. The number of aromatic nitrogens is 2. The Bertz CT molecular complexity index is 1130. The first kappa shape index (κ1) is 23.0. The summed E-state index contributed by atoms with van der Waals surface area (Å²) in [5.41, 5.74) is 1.85. The molecule has 0 aliphatic carbocycles. The Hall–Kier alpha value is -3.19. The second-order valence-corrected chi connectivity index (χ2v) is 9.77. The lowest BCUT2D eigenvalue weighted by molar-refractivity contribution is -0.121. The van der Waals surface area contributed by atoms with Gasteiger partial charge in [0.25, 0.3) is 5.91 Å². The Morgan fingerprint density at radius 1 is 1.09 bits per heavy atom. The van der Waals surface area contributed by atoms with Crippen LogP contribution in [0, 0.1) is 5.92 Å². The molecule has 0 bridgehead atoms. The molecule has 1 unspecified atom stereocenters. The monoisotopic (exact) mass is 466 g/mol. The Balaban J connectivity index is 1.38. The largest absolute Gasteiger partial charge is 0.338 e. The molecule has 1 saturated heterocycles. The third-order valence-corrected chi connectivity index (χ3v) is 5.90. The van der Waals surface area contributed by atoms with Gasteiger partial charge in [-0.3, -0.25) is 9.59 Å². The van der Waals surface area contributed by atoms with Crippen molar-refractivity contribution in [2.45, 2.75) is 39.0 Å². The zero-order valence-electron chi connectivity index (χ0n) is 19.0. The topological polar surface area (TPSA) is 88.3 Å². The average Bonchev–Trinajstić information content (AvgIpc) is 3.31. The number of hydrogen-bond acceptors (Lipinski definition) is 5. The number of benzene rings is 2.